The van der Waals surface area contributed by atoms with Crippen LogP contribution in [0.25, 0.3) is 77.2 Å². The maximum Gasteiger partial charge on any atom is 0.136 e. The zero-order valence-corrected chi connectivity index (χ0v) is 31.9. The van der Waals surface area contributed by atoms with Crippen LogP contribution in [0.5, 0.6) is 0 Å². The van der Waals surface area contributed by atoms with Gasteiger partial charge in [-0.15, -0.1) is 0 Å². The van der Waals surface area contributed by atoms with Gasteiger partial charge < -0.3 is 9.32 Å². The number of nitrogens with zero attached hydrogens (tertiary/aromatic N) is 1. The molecule has 0 N–H and O–H groups in total. The third-order valence-corrected chi connectivity index (χ3v) is 12.0. The van der Waals surface area contributed by atoms with Crippen LogP contribution in [0.1, 0.15) is 25.0 Å². The normalized spacial score (nSPS) is 12.9. The third-order valence-electron chi connectivity index (χ3n) is 12.0. The summed E-state index contributed by atoms with van der Waals surface area (Å²) in [4.78, 5) is 2.40. The molecule has 0 saturated heterocycles. The van der Waals surface area contributed by atoms with Crippen molar-refractivity contribution in [3.8, 4) is 44.5 Å². The lowest BCUT2D eigenvalue weighted by Gasteiger charge is -2.28. The summed E-state index contributed by atoms with van der Waals surface area (Å²) in [6, 6.07) is 72.5. The number of hydrogen-bond acceptors (Lipinski definition) is 2. The van der Waals surface area contributed by atoms with Crippen molar-refractivity contribution in [3.05, 3.63) is 211 Å². The number of anilines is 3. The van der Waals surface area contributed by atoms with Crippen LogP contribution in [0.2, 0.25) is 0 Å². The summed E-state index contributed by atoms with van der Waals surface area (Å²) in [6.45, 7) is 4.74. The highest BCUT2D eigenvalue weighted by Crippen LogP contribution is 2.57. The highest BCUT2D eigenvalue weighted by molar-refractivity contribution is 6.18. The molecule has 57 heavy (non-hydrogen) atoms. The van der Waals surface area contributed by atoms with E-state index in [2.05, 4.69) is 219 Å². The Bertz CT molecular complexity index is 3040. The molecular formula is C55H39NO. The maximum atomic E-state index is 6.67. The zero-order chi connectivity index (χ0) is 38.1. The molecule has 0 saturated carbocycles. The first-order valence-electron chi connectivity index (χ1n) is 19.8. The molecule has 0 spiro atoms. The lowest BCUT2D eigenvalue weighted by molar-refractivity contribution is 0.647. The van der Waals surface area contributed by atoms with Gasteiger partial charge in [-0.25, -0.2) is 0 Å². The number of para-hydroxylation sites is 1. The molecule has 270 valence electrons. The molecule has 0 fully saturated rings. The Labute approximate surface area is 332 Å². The molecule has 0 radical (unpaired) electrons. The van der Waals surface area contributed by atoms with Gasteiger partial charge in [-0.1, -0.05) is 159 Å². The van der Waals surface area contributed by atoms with Crippen LogP contribution in [0.15, 0.2) is 205 Å². The molecule has 10 aromatic rings. The summed E-state index contributed by atoms with van der Waals surface area (Å²) < 4.78 is 6.67. The second kappa shape index (κ2) is 13.0. The van der Waals surface area contributed by atoms with Gasteiger partial charge in [-0.05, 0) is 115 Å². The zero-order valence-electron chi connectivity index (χ0n) is 31.9. The molecule has 2 nitrogen and oxygen atoms in total. The van der Waals surface area contributed by atoms with E-state index in [1.807, 2.05) is 0 Å². The highest BCUT2D eigenvalue weighted by Gasteiger charge is 2.39. The lowest BCUT2D eigenvalue weighted by atomic mass is 9.81. The van der Waals surface area contributed by atoms with E-state index in [0.29, 0.717) is 0 Å². The van der Waals surface area contributed by atoms with E-state index in [0.717, 1.165) is 33.6 Å². The fourth-order valence-corrected chi connectivity index (χ4v) is 9.16. The number of furan rings is 1. The Morgan fingerprint density at radius 3 is 1.60 bits per heavy atom. The Hall–Kier alpha value is -7.16. The Morgan fingerprint density at radius 1 is 0.386 bits per heavy atom. The lowest BCUT2D eigenvalue weighted by Crippen LogP contribution is -2.16. The minimum Gasteiger partial charge on any atom is -0.456 e. The largest absolute Gasteiger partial charge is 0.456 e. The van der Waals surface area contributed by atoms with Crippen LogP contribution >= 0.6 is 0 Å². The predicted octanol–water partition coefficient (Wildman–Crippen LogP) is 15.5. The topological polar surface area (TPSA) is 16.4 Å². The van der Waals surface area contributed by atoms with Crippen molar-refractivity contribution < 1.29 is 4.42 Å². The Kier molecular flexibility index (Phi) is 7.55. The van der Waals surface area contributed by atoms with Gasteiger partial charge in [-0.2, -0.15) is 0 Å². The Balaban J connectivity index is 1.11. The number of fused-ring (bicyclic) bond motifs is 7. The van der Waals surface area contributed by atoms with E-state index in [-0.39, 0.29) is 5.41 Å². The molecule has 2 heteroatoms. The van der Waals surface area contributed by atoms with Crippen LogP contribution in [-0.2, 0) is 5.41 Å². The molecule has 1 aromatic heterocycles. The molecule has 0 atom stereocenters. The van der Waals surface area contributed by atoms with Crippen molar-refractivity contribution in [2.75, 3.05) is 4.90 Å². The molecule has 0 aliphatic heterocycles. The van der Waals surface area contributed by atoms with Crippen LogP contribution in [0.4, 0.5) is 17.1 Å². The molecule has 0 unspecified atom stereocenters. The fraction of sp³-hybridized carbons (Fsp3) is 0.0545. The summed E-state index contributed by atoms with van der Waals surface area (Å²) in [7, 11) is 0. The Morgan fingerprint density at radius 2 is 0.930 bits per heavy atom. The van der Waals surface area contributed by atoms with E-state index in [9.17, 15) is 0 Å². The number of rotatable bonds is 6. The van der Waals surface area contributed by atoms with Crippen LogP contribution in [-0.4, -0.2) is 0 Å². The van der Waals surface area contributed by atoms with Crippen molar-refractivity contribution in [3.63, 3.8) is 0 Å². The second-order valence-corrected chi connectivity index (χ2v) is 15.7. The van der Waals surface area contributed by atoms with E-state index in [1.54, 1.807) is 0 Å². The van der Waals surface area contributed by atoms with Crippen molar-refractivity contribution in [2.24, 2.45) is 0 Å². The predicted molar refractivity (Wildman–Crippen MR) is 240 cm³/mol. The van der Waals surface area contributed by atoms with Gasteiger partial charge in [-0.3, -0.25) is 0 Å². The van der Waals surface area contributed by atoms with Gasteiger partial charge in [0, 0.05) is 38.8 Å². The van der Waals surface area contributed by atoms with Gasteiger partial charge in [0.05, 0.1) is 0 Å². The summed E-state index contributed by atoms with van der Waals surface area (Å²) in [5, 5.41) is 4.78. The van der Waals surface area contributed by atoms with Crippen molar-refractivity contribution in [2.45, 2.75) is 19.3 Å². The van der Waals surface area contributed by atoms with Crippen LogP contribution < -0.4 is 4.90 Å². The first kappa shape index (κ1) is 33.2. The number of benzene rings is 9. The molecule has 0 bridgehead atoms. The smallest absolute Gasteiger partial charge is 0.136 e. The summed E-state index contributed by atoms with van der Waals surface area (Å²) in [5.74, 6) is 0. The second-order valence-electron chi connectivity index (χ2n) is 15.7. The molecular weight excluding hydrogens is 691 g/mol. The SMILES string of the molecule is CC1(C)c2cc(N(c3ccc(-c4ccccc4)cc3)c3ccc(-c4ccccc4)cc3)ccc2-c2c1cc1oc3ccccc3c1c2-c1ccc2ccccc2c1. The van der Waals surface area contributed by atoms with Crippen molar-refractivity contribution in [1.82, 2.24) is 0 Å². The summed E-state index contributed by atoms with van der Waals surface area (Å²) in [6.07, 6.45) is 0. The summed E-state index contributed by atoms with van der Waals surface area (Å²) >= 11 is 0. The van der Waals surface area contributed by atoms with E-state index >= 15 is 0 Å². The first-order valence-corrected chi connectivity index (χ1v) is 19.8. The van der Waals surface area contributed by atoms with Crippen LogP contribution in [0, 0.1) is 0 Å². The van der Waals surface area contributed by atoms with Gasteiger partial charge >= 0.3 is 0 Å². The summed E-state index contributed by atoms with van der Waals surface area (Å²) in [5.41, 5.74) is 17.3. The molecule has 1 aliphatic rings. The van der Waals surface area contributed by atoms with Gasteiger partial charge in [0.25, 0.3) is 0 Å². The quantitative estimate of drug-likeness (QED) is 0.169. The highest BCUT2D eigenvalue weighted by atomic mass is 16.3. The number of hydrogen-bond donors (Lipinski definition) is 0. The standard InChI is InChI=1S/C55H39NO/c1-55(2)48-34-45(56(43-27-23-39(24-28-43)36-13-5-3-6-14-36)44-29-25-40(26-30-44)37-15-7-4-8-16-37)31-32-46(48)53-49(55)35-51-54(47-19-11-12-20-50(47)57-51)52(53)42-22-21-38-17-9-10-18-41(38)33-42/h3-35H,1-2H3. The average molecular weight is 730 g/mol. The molecule has 1 heterocycles. The molecule has 1 aliphatic carbocycles. The third kappa shape index (κ3) is 5.40. The average Bonchev–Trinajstić information content (AvgIpc) is 3.75. The molecule has 0 amide bonds. The van der Waals surface area contributed by atoms with Crippen molar-refractivity contribution >= 4 is 49.8 Å². The first-order chi connectivity index (χ1) is 28.0. The monoisotopic (exact) mass is 729 g/mol. The fourth-order valence-electron chi connectivity index (χ4n) is 9.16. The maximum absolute atomic E-state index is 6.67. The van der Waals surface area contributed by atoms with Gasteiger partial charge in [0.1, 0.15) is 11.2 Å². The van der Waals surface area contributed by atoms with Gasteiger partial charge in [0.15, 0.2) is 0 Å². The van der Waals surface area contributed by atoms with Crippen molar-refractivity contribution in [1.29, 1.82) is 0 Å². The molecule has 11 rings (SSSR count). The van der Waals surface area contributed by atoms with E-state index < -0.39 is 0 Å². The minimum atomic E-state index is -0.292. The van der Waals surface area contributed by atoms with Gasteiger partial charge in [0.2, 0.25) is 0 Å². The van der Waals surface area contributed by atoms with Crippen LogP contribution in [0.3, 0.4) is 0 Å². The van der Waals surface area contributed by atoms with E-state index in [1.165, 1.54) is 71.8 Å². The molecule has 9 aromatic carbocycles. The van der Waals surface area contributed by atoms with E-state index in [4.69, 9.17) is 4.42 Å². The minimum absolute atomic E-state index is 0.292.